The number of carbonyl (C=O) groups is 3. The van der Waals surface area contributed by atoms with Crippen molar-refractivity contribution in [2.24, 2.45) is 0 Å². The van der Waals surface area contributed by atoms with Gasteiger partial charge in [0.25, 0.3) is 5.91 Å². The minimum Gasteiger partial charge on any atom is -0.462 e. The van der Waals surface area contributed by atoms with Gasteiger partial charge in [0.15, 0.2) is 6.61 Å². The summed E-state index contributed by atoms with van der Waals surface area (Å²) < 4.78 is 9.84. The van der Waals surface area contributed by atoms with Gasteiger partial charge < -0.3 is 14.8 Å². The quantitative estimate of drug-likeness (QED) is 0.798. The minimum absolute atomic E-state index is 0.225. The van der Waals surface area contributed by atoms with Crippen LogP contribution in [0, 0.1) is 6.92 Å². The summed E-state index contributed by atoms with van der Waals surface area (Å²) in [5, 5.41) is 3.02. The number of amides is 1. The van der Waals surface area contributed by atoms with Crippen LogP contribution in [0.2, 0.25) is 0 Å². The van der Waals surface area contributed by atoms with Crippen molar-refractivity contribution >= 4 is 34.2 Å². The van der Waals surface area contributed by atoms with Crippen LogP contribution in [0.1, 0.15) is 29.1 Å². The molecule has 132 valence electrons. The van der Waals surface area contributed by atoms with Crippen LogP contribution in [0.3, 0.4) is 0 Å². The molecule has 2 aromatic rings. The molecule has 1 amide bonds. The molecule has 0 radical (unpaired) electrons. The minimum atomic E-state index is -0.548. The van der Waals surface area contributed by atoms with Crippen molar-refractivity contribution in [3.8, 4) is 11.1 Å². The molecule has 1 heterocycles. The lowest BCUT2D eigenvalue weighted by molar-refractivity contribution is -0.144. The summed E-state index contributed by atoms with van der Waals surface area (Å²) in [4.78, 5) is 36.1. The molecule has 2 rings (SSSR count). The first-order chi connectivity index (χ1) is 11.9. The van der Waals surface area contributed by atoms with Gasteiger partial charge in [0, 0.05) is 17.4 Å². The van der Waals surface area contributed by atoms with E-state index < -0.39 is 24.5 Å². The second kappa shape index (κ2) is 8.43. The molecule has 6 nitrogen and oxygen atoms in total. The highest BCUT2D eigenvalue weighted by Crippen LogP contribution is 2.40. The monoisotopic (exact) mass is 361 g/mol. The van der Waals surface area contributed by atoms with Gasteiger partial charge in [-0.15, -0.1) is 11.3 Å². The molecule has 0 unspecified atom stereocenters. The fourth-order valence-corrected chi connectivity index (χ4v) is 3.39. The van der Waals surface area contributed by atoms with Crippen molar-refractivity contribution < 1.29 is 23.9 Å². The molecule has 25 heavy (non-hydrogen) atoms. The van der Waals surface area contributed by atoms with Crippen molar-refractivity contribution in [2.45, 2.75) is 20.8 Å². The molecule has 0 fully saturated rings. The largest absolute Gasteiger partial charge is 0.462 e. The molecule has 0 atom stereocenters. The Morgan fingerprint density at radius 2 is 1.80 bits per heavy atom. The number of ether oxygens (including phenoxy) is 2. The number of carbonyl (C=O) groups excluding carboxylic acids is 3. The van der Waals surface area contributed by atoms with Crippen LogP contribution in [0.15, 0.2) is 30.3 Å². The Morgan fingerprint density at radius 3 is 2.40 bits per heavy atom. The van der Waals surface area contributed by atoms with Crippen LogP contribution in [-0.4, -0.2) is 31.1 Å². The number of nitrogens with one attached hydrogen (secondary N) is 1. The number of aryl methyl sites for hydroxylation is 1. The zero-order chi connectivity index (χ0) is 18.4. The first-order valence-corrected chi connectivity index (χ1v) is 8.54. The third kappa shape index (κ3) is 4.67. The van der Waals surface area contributed by atoms with E-state index in [2.05, 4.69) is 10.1 Å². The molecule has 0 saturated carbocycles. The molecule has 0 aliphatic carbocycles. The number of anilines is 1. The summed E-state index contributed by atoms with van der Waals surface area (Å²) in [6.45, 7) is 4.63. The van der Waals surface area contributed by atoms with Crippen molar-refractivity contribution in [1.29, 1.82) is 0 Å². The van der Waals surface area contributed by atoms with Crippen LogP contribution < -0.4 is 5.32 Å². The summed E-state index contributed by atoms with van der Waals surface area (Å²) in [6, 6.07) is 9.42. The van der Waals surface area contributed by atoms with E-state index in [1.54, 1.807) is 6.92 Å². The normalized spacial score (nSPS) is 10.2. The van der Waals surface area contributed by atoms with E-state index in [0.717, 1.165) is 16.0 Å². The summed E-state index contributed by atoms with van der Waals surface area (Å²) >= 11 is 1.28. The summed E-state index contributed by atoms with van der Waals surface area (Å²) in [6.07, 6.45) is 0. The van der Waals surface area contributed by atoms with Crippen LogP contribution in [-0.2, 0) is 19.1 Å². The highest BCUT2D eigenvalue weighted by molar-refractivity contribution is 7.17. The summed E-state index contributed by atoms with van der Waals surface area (Å²) in [5.41, 5.74) is 1.90. The van der Waals surface area contributed by atoms with E-state index in [1.165, 1.54) is 18.3 Å². The molecule has 1 aromatic heterocycles. The number of esters is 2. The Balaban J connectivity index is 2.41. The molecule has 0 spiro atoms. The number of benzene rings is 1. The lowest BCUT2D eigenvalue weighted by atomic mass is 10.0. The van der Waals surface area contributed by atoms with Gasteiger partial charge in [0.05, 0.1) is 6.61 Å². The first-order valence-electron chi connectivity index (χ1n) is 7.73. The van der Waals surface area contributed by atoms with Crippen LogP contribution in [0.4, 0.5) is 5.00 Å². The van der Waals surface area contributed by atoms with Crippen LogP contribution >= 0.6 is 11.3 Å². The predicted octanol–water partition coefficient (Wildman–Crippen LogP) is 3.40. The number of hydrogen-bond acceptors (Lipinski definition) is 6. The molecule has 7 heteroatoms. The zero-order valence-corrected chi connectivity index (χ0v) is 15.1. The van der Waals surface area contributed by atoms with E-state index >= 15 is 0 Å². The van der Waals surface area contributed by atoms with Gasteiger partial charge in [-0.1, -0.05) is 30.3 Å². The van der Waals surface area contributed by atoms with Crippen molar-refractivity contribution in [2.75, 3.05) is 18.5 Å². The molecular formula is C18H19NO5S. The molecular weight excluding hydrogens is 342 g/mol. The maximum absolute atomic E-state index is 12.5. The second-order valence-electron chi connectivity index (χ2n) is 5.15. The lowest BCUT2D eigenvalue weighted by Gasteiger charge is -2.09. The van der Waals surface area contributed by atoms with E-state index in [9.17, 15) is 14.4 Å². The topological polar surface area (TPSA) is 81.7 Å². The van der Waals surface area contributed by atoms with E-state index in [1.807, 2.05) is 37.3 Å². The molecule has 0 aliphatic heterocycles. The number of thiophene rings is 1. The Labute approximate surface area is 149 Å². The molecule has 0 saturated heterocycles. The van der Waals surface area contributed by atoms with Crippen LogP contribution in [0.5, 0.6) is 0 Å². The molecule has 0 bridgehead atoms. The Morgan fingerprint density at radius 1 is 1.12 bits per heavy atom. The highest BCUT2D eigenvalue weighted by atomic mass is 32.1. The fourth-order valence-electron chi connectivity index (χ4n) is 2.31. The van der Waals surface area contributed by atoms with E-state index in [-0.39, 0.29) is 6.61 Å². The Bertz CT molecular complexity index is 782. The van der Waals surface area contributed by atoms with Crippen molar-refractivity contribution in [3.63, 3.8) is 0 Å². The van der Waals surface area contributed by atoms with Crippen molar-refractivity contribution in [1.82, 2.24) is 0 Å². The Kier molecular flexibility index (Phi) is 6.30. The SMILES string of the molecule is CCOC(=O)c1c(NC(=O)COC(C)=O)sc(C)c1-c1ccccc1. The maximum Gasteiger partial charge on any atom is 0.341 e. The lowest BCUT2D eigenvalue weighted by Crippen LogP contribution is -2.20. The Hall–Kier alpha value is -2.67. The number of rotatable bonds is 6. The highest BCUT2D eigenvalue weighted by Gasteiger charge is 2.25. The van der Waals surface area contributed by atoms with E-state index in [4.69, 9.17) is 4.74 Å². The third-order valence-electron chi connectivity index (χ3n) is 3.29. The van der Waals surface area contributed by atoms with Gasteiger partial charge in [0.2, 0.25) is 0 Å². The van der Waals surface area contributed by atoms with E-state index in [0.29, 0.717) is 10.6 Å². The summed E-state index contributed by atoms with van der Waals surface area (Å²) in [7, 11) is 0. The average molecular weight is 361 g/mol. The molecule has 1 aromatic carbocycles. The second-order valence-corrected chi connectivity index (χ2v) is 6.38. The third-order valence-corrected chi connectivity index (χ3v) is 4.31. The maximum atomic E-state index is 12.5. The predicted molar refractivity (Wildman–Crippen MR) is 95.7 cm³/mol. The van der Waals surface area contributed by atoms with Crippen molar-refractivity contribution in [3.05, 3.63) is 40.8 Å². The number of hydrogen-bond donors (Lipinski definition) is 1. The zero-order valence-electron chi connectivity index (χ0n) is 14.3. The van der Waals surface area contributed by atoms with Crippen LogP contribution in [0.25, 0.3) is 11.1 Å². The standard InChI is InChI=1S/C18H19NO5S/c1-4-23-18(22)16-15(13-8-6-5-7-9-13)11(2)25-17(16)19-14(21)10-24-12(3)20/h5-9H,4,10H2,1-3H3,(H,19,21). The van der Waals surface area contributed by atoms with Gasteiger partial charge in [-0.3, -0.25) is 9.59 Å². The van der Waals surface area contributed by atoms with Gasteiger partial charge in [-0.25, -0.2) is 4.79 Å². The van der Waals surface area contributed by atoms with Gasteiger partial charge >= 0.3 is 11.9 Å². The van der Waals surface area contributed by atoms with Gasteiger partial charge in [-0.2, -0.15) is 0 Å². The van der Waals surface area contributed by atoms with Gasteiger partial charge in [0.1, 0.15) is 10.6 Å². The average Bonchev–Trinajstić information content (AvgIpc) is 2.90. The first kappa shape index (κ1) is 18.7. The smallest absolute Gasteiger partial charge is 0.341 e. The fraction of sp³-hybridized carbons (Fsp3) is 0.278. The summed E-state index contributed by atoms with van der Waals surface area (Å²) in [5.74, 6) is -1.57. The molecule has 1 N–H and O–H groups in total. The van der Waals surface area contributed by atoms with Gasteiger partial charge in [-0.05, 0) is 19.4 Å². The molecule has 0 aliphatic rings.